The van der Waals surface area contributed by atoms with Gasteiger partial charge in [-0.2, -0.15) is 0 Å². The molecule has 0 aromatic heterocycles. The van der Waals surface area contributed by atoms with Crippen molar-refractivity contribution in [2.24, 2.45) is 0 Å². The molecule has 1 fully saturated rings. The molecule has 4 nitrogen and oxygen atoms in total. The molecule has 8 heteroatoms. The van der Waals surface area contributed by atoms with Gasteiger partial charge in [-0.25, -0.2) is 0 Å². The van der Waals surface area contributed by atoms with Crippen LogP contribution in [-0.4, -0.2) is 60.1 Å². The summed E-state index contributed by atoms with van der Waals surface area (Å²) in [5.74, 6) is 0.858. The van der Waals surface area contributed by atoms with E-state index in [2.05, 4.69) is 46.3 Å². The summed E-state index contributed by atoms with van der Waals surface area (Å²) >= 11 is 7.35. The normalized spacial score (nSPS) is 14.2. The number of halogens is 3. The van der Waals surface area contributed by atoms with Crippen molar-refractivity contribution in [3.05, 3.63) is 64.7 Å². The molecule has 2 aromatic rings. The van der Waals surface area contributed by atoms with Crippen LogP contribution >= 0.6 is 48.2 Å². The molecule has 1 saturated heterocycles. The lowest BCUT2D eigenvalue weighted by atomic mass is 10.1. The van der Waals surface area contributed by atoms with Gasteiger partial charge in [-0.15, -0.1) is 24.8 Å². The molecule has 0 atom stereocenters. The van der Waals surface area contributed by atoms with E-state index in [0.717, 1.165) is 75.0 Å². The van der Waals surface area contributed by atoms with Crippen LogP contribution in [0, 0.1) is 0 Å². The average Bonchev–Trinajstić information content (AvgIpc) is 2.82. The number of hydrogen-bond acceptors (Lipinski definition) is 4. The lowest BCUT2D eigenvalue weighted by Crippen LogP contribution is -2.47. The average molecular weight is 547 g/mol. The number of anilines is 1. The Morgan fingerprint density at radius 3 is 2.03 bits per heavy atom. The first-order valence-corrected chi connectivity index (χ1v) is 13.2. The molecule has 2 aromatic carbocycles. The number of carbonyl (C=O) groups excluding carboxylic acids is 1. The highest BCUT2D eigenvalue weighted by Crippen LogP contribution is 2.16. The Hall–Kier alpha value is -0.950. The van der Waals surface area contributed by atoms with E-state index in [-0.39, 0.29) is 30.1 Å². The van der Waals surface area contributed by atoms with Gasteiger partial charge in [0.15, 0.2) is 0 Å². The molecule has 1 heterocycles. The van der Waals surface area contributed by atoms with Gasteiger partial charge in [-0.3, -0.25) is 4.79 Å². The molecule has 1 aliphatic rings. The van der Waals surface area contributed by atoms with Crippen molar-refractivity contribution in [3.63, 3.8) is 0 Å². The standard InChI is InChI=1S/C26H36ClN3OS.2ClH/c1-2-3-5-22-8-12-25(13-9-22)28-26(31)32-21-4-15-29-17-19-30(20-18-29)16-14-23-6-10-24(27)11-7-23;;/h6-13H,2-5,14-21H2,1H3,(H,28,31);2*1H. The first-order chi connectivity index (χ1) is 15.6. The molecule has 0 bridgehead atoms. The Morgan fingerprint density at radius 2 is 1.41 bits per heavy atom. The van der Waals surface area contributed by atoms with Gasteiger partial charge in [0.05, 0.1) is 0 Å². The van der Waals surface area contributed by atoms with E-state index >= 15 is 0 Å². The predicted octanol–water partition coefficient (Wildman–Crippen LogP) is 7.04. The summed E-state index contributed by atoms with van der Waals surface area (Å²) in [6, 6.07) is 16.4. The summed E-state index contributed by atoms with van der Waals surface area (Å²) in [7, 11) is 0. The number of rotatable bonds is 11. The minimum Gasteiger partial charge on any atom is -0.317 e. The summed E-state index contributed by atoms with van der Waals surface area (Å²) < 4.78 is 0. The predicted molar refractivity (Wildman–Crippen MR) is 154 cm³/mol. The zero-order chi connectivity index (χ0) is 22.6. The van der Waals surface area contributed by atoms with Crippen molar-refractivity contribution in [2.45, 2.75) is 39.0 Å². The van der Waals surface area contributed by atoms with E-state index in [0.29, 0.717) is 0 Å². The molecule has 0 aliphatic carbocycles. The summed E-state index contributed by atoms with van der Waals surface area (Å²) in [5.41, 5.74) is 3.57. The molecule has 0 radical (unpaired) electrons. The number of unbranched alkanes of at least 4 members (excludes halogenated alkanes) is 1. The third-order valence-corrected chi connectivity index (χ3v) is 7.08. The number of piperazine rings is 1. The lowest BCUT2D eigenvalue weighted by molar-refractivity contribution is 0.134. The fourth-order valence-electron chi connectivity index (χ4n) is 3.92. The number of aryl methyl sites for hydroxylation is 1. The SMILES string of the molecule is CCCCc1ccc(NC(=O)SCCCN2CCN(CCc3ccc(Cl)cc3)CC2)cc1.Cl.Cl. The Kier molecular flexibility index (Phi) is 16.0. The quantitative estimate of drug-likeness (QED) is 0.307. The number of nitrogens with one attached hydrogen (secondary N) is 1. The van der Waals surface area contributed by atoms with E-state index in [1.807, 2.05) is 24.3 Å². The zero-order valence-electron chi connectivity index (χ0n) is 20.0. The Balaban J connectivity index is 0.00000289. The maximum absolute atomic E-state index is 12.2. The molecule has 0 saturated carbocycles. The van der Waals surface area contributed by atoms with Crippen molar-refractivity contribution < 1.29 is 4.79 Å². The number of thioether (sulfide) groups is 1. The third kappa shape index (κ3) is 11.7. The lowest BCUT2D eigenvalue weighted by Gasteiger charge is -2.34. The maximum Gasteiger partial charge on any atom is 0.283 e. The van der Waals surface area contributed by atoms with Gasteiger partial charge < -0.3 is 15.1 Å². The largest absolute Gasteiger partial charge is 0.317 e. The van der Waals surface area contributed by atoms with Crippen molar-refractivity contribution >= 4 is 59.1 Å². The number of carbonyl (C=O) groups is 1. The molecule has 1 N–H and O–H groups in total. The zero-order valence-corrected chi connectivity index (χ0v) is 23.2. The van der Waals surface area contributed by atoms with Crippen LogP contribution in [0.15, 0.2) is 48.5 Å². The molecule has 3 rings (SSSR count). The number of hydrogen-bond donors (Lipinski definition) is 1. The van der Waals surface area contributed by atoms with E-state index in [4.69, 9.17) is 11.6 Å². The number of benzene rings is 2. The van der Waals surface area contributed by atoms with Crippen LogP contribution in [0.3, 0.4) is 0 Å². The minimum atomic E-state index is 0. The van der Waals surface area contributed by atoms with Crippen molar-refractivity contribution in [3.8, 4) is 0 Å². The van der Waals surface area contributed by atoms with Crippen LogP contribution in [0.2, 0.25) is 5.02 Å². The second-order valence-corrected chi connectivity index (χ2v) is 9.98. The molecule has 34 heavy (non-hydrogen) atoms. The summed E-state index contributed by atoms with van der Waals surface area (Å²) in [6.45, 7) is 8.84. The first kappa shape index (κ1) is 31.1. The number of amides is 1. The topological polar surface area (TPSA) is 35.6 Å². The summed E-state index contributed by atoms with van der Waals surface area (Å²) in [6.07, 6.45) is 5.63. The van der Waals surface area contributed by atoms with Gasteiger partial charge in [-0.05, 0) is 67.6 Å². The molecule has 0 spiro atoms. The Morgan fingerprint density at radius 1 is 0.853 bits per heavy atom. The highest BCUT2D eigenvalue weighted by atomic mass is 35.5. The second kappa shape index (κ2) is 17.5. The van der Waals surface area contributed by atoms with Crippen LogP contribution in [0.1, 0.15) is 37.3 Å². The molecule has 0 unspecified atom stereocenters. The van der Waals surface area contributed by atoms with E-state index in [1.165, 1.54) is 35.7 Å². The van der Waals surface area contributed by atoms with Crippen LogP contribution in [0.25, 0.3) is 0 Å². The van der Waals surface area contributed by atoms with Gasteiger partial charge in [0, 0.05) is 49.2 Å². The van der Waals surface area contributed by atoms with E-state index in [1.54, 1.807) is 0 Å². The highest BCUT2D eigenvalue weighted by molar-refractivity contribution is 8.13. The molecule has 1 amide bonds. The molecular formula is C26H38Cl3N3OS. The molecule has 1 aliphatic heterocycles. The van der Waals surface area contributed by atoms with Crippen molar-refractivity contribution in [1.29, 1.82) is 0 Å². The van der Waals surface area contributed by atoms with Gasteiger partial charge in [0.25, 0.3) is 5.24 Å². The van der Waals surface area contributed by atoms with Crippen molar-refractivity contribution in [2.75, 3.05) is 50.3 Å². The van der Waals surface area contributed by atoms with Crippen LogP contribution in [-0.2, 0) is 12.8 Å². The third-order valence-electron chi connectivity index (χ3n) is 5.97. The van der Waals surface area contributed by atoms with Crippen LogP contribution in [0.4, 0.5) is 10.5 Å². The Bertz CT molecular complexity index is 813. The Labute approximate surface area is 227 Å². The van der Waals surface area contributed by atoms with Crippen molar-refractivity contribution in [1.82, 2.24) is 9.80 Å². The fourth-order valence-corrected chi connectivity index (χ4v) is 4.69. The highest BCUT2D eigenvalue weighted by Gasteiger charge is 2.16. The summed E-state index contributed by atoms with van der Waals surface area (Å²) in [5, 5.41) is 3.84. The maximum atomic E-state index is 12.2. The smallest absolute Gasteiger partial charge is 0.283 e. The van der Waals surface area contributed by atoms with Crippen LogP contribution in [0.5, 0.6) is 0 Å². The number of nitrogens with zero attached hydrogens (tertiary/aromatic N) is 2. The van der Waals surface area contributed by atoms with E-state index in [9.17, 15) is 4.79 Å². The molecular weight excluding hydrogens is 509 g/mol. The molecule has 190 valence electrons. The fraction of sp³-hybridized carbons (Fsp3) is 0.500. The first-order valence-electron chi connectivity index (χ1n) is 11.8. The summed E-state index contributed by atoms with van der Waals surface area (Å²) in [4.78, 5) is 17.3. The minimum absolute atomic E-state index is 0. The second-order valence-electron chi connectivity index (χ2n) is 8.47. The monoisotopic (exact) mass is 545 g/mol. The van der Waals surface area contributed by atoms with Gasteiger partial charge in [0.1, 0.15) is 0 Å². The van der Waals surface area contributed by atoms with Gasteiger partial charge in [0.2, 0.25) is 0 Å². The van der Waals surface area contributed by atoms with Crippen LogP contribution < -0.4 is 5.32 Å². The van der Waals surface area contributed by atoms with Gasteiger partial charge in [-0.1, -0.05) is 61.0 Å². The van der Waals surface area contributed by atoms with Gasteiger partial charge >= 0.3 is 0 Å². The van der Waals surface area contributed by atoms with E-state index < -0.39 is 0 Å².